The topological polar surface area (TPSA) is 70.2 Å². The van der Waals surface area contributed by atoms with Crippen molar-refractivity contribution < 1.29 is 14.3 Å². The third-order valence-corrected chi connectivity index (χ3v) is 10.7. The van der Waals surface area contributed by atoms with Crippen LogP contribution in [0.15, 0.2) is 48.7 Å². The third kappa shape index (κ3) is 6.40. The Bertz CT molecular complexity index is 1160. The largest absolute Gasteiger partial charge is 0.474 e. The molecule has 1 aromatic heterocycles. The van der Waals surface area contributed by atoms with Gasteiger partial charge in [-0.2, -0.15) is 0 Å². The lowest BCUT2D eigenvalue weighted by molar-refractivity contribution is 0.00674. The summed E-state index contributed by atoms with van der Waals surface area (Å²) in [6.07, 6.45) is 11.8. The van der Waals surface area contributed by atoms with E-state index < -0.39 is 0 Å². The molecule has 1 aromatic carbocycles. The molecule has 8 nitrogen and oxygen atoms in total. The van der Waals surface area contributed by atoms with Crippen LogP contribution in [0.2, 0.25) is 0 Å². The van der Waals surface area contributed by atoms with Gasteiger partial charge >= 0.3 is 6.09 Å². The Hall–Kier alpha value is -2.84. The first-order valence-electron chi connectivity index (χ1n) is 16.5. The van der Waals surface area contributed by atoms with Crippen molar-refractivity contribution in [2.45, 2.75) is 76.2 Å². The molecule has 1 amide bonds. The van der Waals surface area contributed by atoms with Crippen molar-refractivity contribution in [2.24, 2.45) is 17.8 Å². The Kier molecular flexibility index (Phi) is 8.52. The molecule has 8 heteroatoms. The van der Waals surface area contributed by atoms with Crippen LogP contribution in [0, 0.1) is 17.8 Å². The summed E-state index contributed by atoms with van der Waals surface area (Å²) in [6.45, 7) is 7.74. The molecular weight excluding hydrogens is 526 g/mol. The fourth-order valence-electron chi connectivity index (χ4n) is 8.16. The predicted octanol–water partition coefficient (Wildman–Crippen LogP) is 4.94. The lowest BCUT2D eigenvalue weighted by Gasteiger charge is -2.44. The molecule has 2 atom stereocenters. The van der Waals surface area contributed by atoms with Crippen LogP contribution in [0.1, 0.15) is 56.9 Å². The van der Waals surface area contributed by atoms with E-state index in [0.717, 1.165) is 62.3 Å². The highest BCUT2D eigenvalue weighted by molar-refractivity contribution is 5.67. The number of hydrogen-bond acceptors (Lipinski definition) is 7. The van der Waals surface area contributed by atoms with Gasteiger partial charge in [-0.05, 0) is 93.8 Å². The number of carbonyl (C=O) groups is 1. The van der Waals surface area contributed by atoms with E-state index in [2.05, 4.69) is 32.2 Å². The standard InChI is InChI=1S/C34H47N5O3/c40-34(41-24-26-4-2-1-3-5-26)38-16-9-25(10-17-38)23-37-14-11-27(12-15-37)28-18-32(19-28)42-33-20-29(8-13-36-33)39-30-6-7-31(39)22-35-21-30/h1-5,8,13,20,25,27-28,30-32,35H,6-7,9-12,14-19,21-24H2/t28?,30-,31-,32?/m1/s1. The van der Waals surface area contributed by atoms with Crippen molar-refractivity contribution in [2.75, 3.05) is 50.7 Å². The smallest absolute Gasteiger partial charge is 0.410 e. The molecule has 42 heavy (non-hydrogen) atoms. The molecule has 5 heterocycles. The number of nitrogens with zero attached hydrogens (tertiary/aromatic N) is 4. The highest BCUT2D eigenvalue weighted by Gasteiger charge is 2.39. The number of aromatic nitrogens is 1. The summed E-state index contributed by atoms with van der Waals surface area (Å²) < 4.78 is 11.9. The number of ether oxygens (including phenoxy) is 2. The number of nitrogens with one attached hydrogen (secondary N) is 1. The van der Waals surface area contributed by atoms with Gasteiger partial charge in [0.15, 0.2) is 0 Å². The Labute approximate surface area is 250 Å². The number of pyridine rings is 1. The van der Waals surface area contributed by atoms with Crippen LogP contribution >= 0.6 is 0 Å². The minimum Gasteiger partial charge on any atom is -0.474 e. The minimum absolute atomic E-state index is 0.171. The molecule has 0 radical (unpaired) electrons. The first kappa shape index (κ1) is 28.0. The summed E-state index contributed by atoms with van der Waals surface area (Å²) in [5.41, 5.74) is 2.32. The molecule has 4 aliphatic heterocycles. The van der Waals surface area contributed by atoms with Crippen LogP contribution in [0.25, 0.3) is 0 Å². The zero-order valence-electron chi connectivity index (χ0n) is 24.9. The first-order chi connectivity index (χ1) is 20.7. The summed E-state index contributed by atoms with van der Waals surface area (Å²) in [4.78, 5) is 24.2. The number of amides is 1. The van der Waals surface area contributed by atoms with E-state index in [4.69, 9.17) is 9.47 Å². The Morgan fingerprint density at radius 2 is 1.62 bits per heavy atom. The van der Waals surface area contributed by atoms with Gasteiger partial charge < -0.3 is 29.5 Å². The Balaban J connectivity index is 0.792. The van der Waals surface area contributed by atoms with Gasteiger partial charge in [-0.25, -0.2) is 9.78 Å². The van der Waals surface area contributed by atoms with Gasteiger partial charge in [0.2, 0.25) is 5.88 Å². The van der Waals surface area contributed by atoms with E-state index in [1.807, 2.05) is 41.4 Å². The van der Waals surface area contributed by atoms with Gasteiger partial charge in [0.1, 0.15) is 12.7 Å². The normalized spacial score (nSPS) is 28.9. The molecule has 1 aliphatic carbocycles. The van der Waals surface area contributed by atoms with Crippen LogP contribution in [-0.2, 0) is 11.3 Å². The van der Waals surface area contributed by atoms with Gasteiger partial charge in [0.25, 0.3) is 0 Å². The van der Waals surface area contributed by atoms with Gasteiger partial charge in [0, 0.05) is 62.8 Å². The third-order valence-electron chi connectivity index (χ3n) is 10.7. The summed E-state index contributed by atoms with van der Waals surface area (Å²) in [5.74, 6) is 3.12. The number of benzene rings is 1. The van der Waals surface area contributed by atoms with Crippen molar-refractivity contribution in [3.63, 3.8) is 0 Å². The number of carbonyl (C=O) groups excluding carboxylic acids is 1. The van der Waals surface area contributed by atoms with E-state index in [1.165, 1.54) is 63.8 Å². The quantitative estimate of drug-likeness (QED) is 0.480. The molecule has 4 saturated heterocycles. The monoisotopic (exact) mass is 573 g/mol. The number of hydrogen-bond donors (Lipinski definition) is 1. The summed E-state index contributed by atoms with van der Waals surface area (Å²) in [5, 5.41) is 3.58. The maximum atomic E-state index is 12.5. The van der Waals surface area contributed by atoms with Gasteiger partial charge in [-0.1, -0.05) is 30.3 Å². The summed E-state index contributed by atoms with van der Waals surface area (Å²) >= 11 is 0. The van der Waals surface area contributed by atoms with Crippen LogP contribution in [0.3, 0.4) is 0 Å². The predicted molar refractivity (Wildman–Crippen MR) is 164 cm³/mol. The number of piperazine rings is 1. The second kappa shape index (κ2) is 12.8. The summed E-state index contributed by atoms with van der Waals surface area (Å²) in [6, 6.07) is 15.5. The van der Waals surface area contributed by atoms with Crippen LogP contribution in [0.5, 0.6) is 5.88 Å². The van der Waals surface area contributed by atoms with E-state index in [9.17, 15) is 4.79 Å². The molecule has 0 spiro atoms. The number of anilines is 1. The molecular formula is C34H47N5O3. The molecule has 1 N–H and O–H groups in total. The average molecular weight is 574 g/mol. The van der Waals surface area contributed by atoms with Crippen molar-refractivity contribution in [3.05, 3.63) is 54.2 Å². The zero-order chi connectivity index (χ0) is 28.3. The van der Waals surface area contributed by atoms with Crippen LogP contribution < -0.4 is 15.0 Å². The average Bonchev–Trinajstić information content (AvgIpc) is 3.27. The van der Waals surface area contributed by atoms with Crippen molar-refractivity contribution in [3.8, 4) is 5.88 Å². The van der Waals surface area contributed by atoms with E-state index in [0.29, 0.717) is 30.7 Å². The van der Waals surface area contributed by atoms with E-state index in [-0.39, 0.29) is 6.09 Å². The molecule has 1 saturated carbocycles. The van der Waals surface area contributed by atoms with Crippen molar-refractivity contribution in [1.82, 2.24) is 20.1 Å². The van der Waals surface area contributed by atoms with Crippen LogP contribution in [0.4, 0.5) is 10.5 Å². The molecule has 2 aromatic rings. The van der Waals surface area contributed by atoms with Gasteiger partial charge in [-0.3, -0.25) is 0 Å². The fourth-order valence-corrected chi connectivity index (χ4v) is 8.16. The molecule has 5 fully saturated rings. The second-order valence-corrected chi connectivity index (χ2v) is 13.4. The number of fused-ring (bicyclic) bond motifs is 2. The maximum absolute atomic E-state index is 12.5. The van der Waals surface area contributed by atoms with Crippen molar-refractivity contribution in [1.29, 1.82) is 0 Å². The Morgan fingerprint density at radius 3 is 2.36 bits per heavy atom. The number of rotatable bonds is 8. The molecule has 0 unspecified atom stereocenters. The highest BCUT2D eigenvalue weighted by Crippen LogP contribution is 2.41. The fraction of sp³-hybridized carbons (Fsp3) is 0.647. The SMILES string of the molecule is O=C(OCc1ccccc1)N1CCC(CN2CCC(C3CC(Oc4cc(N5[C@@H]6CC[C@@H]5CNC6)ccn4)C3)CC2)CC1. The lowest BCUT2D eigenvalue weighted by Crippen LogP contribution is -2.52. The zero-order valence-corrected chi connectivity index (χ0v) is 24.9. The summed E-state index contributed by atoms with van der Waals surface area (Å²) in [7, 11) is 0. The molecule has 5 aliphatic rings. The molecule has 7 rings (SSSR count). The molecule has 226 valence electrons. The van der Waals surface area contributed by atoms with Gasteiger partial charge in [0.05, 0.1) is 0 Å². The maximum Gasteiger partial charge on any atom is 0.410 e. The van der Waals surface area contributed by atoms with Crippen molar-refractivity contribution >= 4 is 11.8 Å². The minimum atomic E-state index is -0.171. The van der Waals surface area contributed by atoms with E-state index >= 15 is 0 Å². The van der Waals surface area contributed by atoms with E-state index in [1.54, 1.807) is 0 Å². The van der Waals surface area contributed by atoms with Gasteiger partial charge in [-0.15, -0.1) is 0 Å². The highest BCUT2D eigenvalue weighted by atomic mass is 16.6. The Morgan fingerprint density at radius 1 is 0.881 bits per heavy atom. The number of likely N-dealkylation sites (tertiary alicyclic amines) is 2. The number of piperidine rings is 2. The first-order valence-corrected chi connectivity index (χ1v) is 16.5. The van der Waals surface area contributed by atoms with Crippen LogP contribution in [-0.4, -0.2) is 84.9 Å². The molecule has 2 bridgehead atoms. The second-order valence-electron chi connectivity index (χ2n) is 13.4. The lowest BCUT2D eigenvalue weighted by atomic mass is 9.70.